The largest absolute Gasteiger partial charge is 0.486 e. The molecule has 0 aliphatic carbocycles. The zero-order valence-electron chi connectivity index (χ0n) is 12.8. The number of para-hydroxylation sites is 1. The number of carbonyl (C=O) groups excluding carboxylic acids is 1. The van der Waals surface area contributed by atoms with E-state index in [2.05, 4.69) is 10.3 Å². The Morgan fingerprint density at radius 2 is 1.88 bits per heavy atom. The monoisotopic (exact) mass is 318 g/mol. The number of benzene rings is 2. The minimum atomic E-state index is 0.134. The van der Waals surface area contributed by atoms with E-state index in [-0.39, 0.29) is 6.61 Å². The van der Waals surface area contributed by atoms with Crippen molar-refractivity contribution < 1.29 is 9.53 Å². The SMILES string of the molecule is N#Cn1nnc(COc2ccccc2C=O)c1Cc1ccccc1. The summed E-state index contributed by atoms with van der Waals surface area (Å²) in [4.78, 5) is 11.0. The molecule has 0 N–H and O–H groups in total. The molecule has 3 aromatic rings. The summed E-state index contributed by atoms with van der Waals surface area (Å²) in [5, 5.41) is 17.1. The molecule has 0 saturated carbocycles. The first kappa shape index (κ1) is 15.4. The van der Waals surface area contributed by atoms with E-state index in [1.807, 2.05) is 36.5 Å². The van der Waals surface area contributed by atoms with Crippen molar-refractivity contribution in [1.29, 1.82) is 5.26 Å². The van der Waals surface area contributed by atoms with Crippen LogP contribution in [0.2, 0.25) is 0 Å². The van der Waals surface area contributed by atoms with E-state index in [4.69, 9.17) is 4.74 Å². The van der Waals surface area contributed by atoms with Crippen LogP contribution < -0.4 is 4.74 Å². The smallest absolute Gasteiger partial charge is 0.208 e. The Hall–Kier alpha value is -3.46. The normalized spacial score (nSPS) is 10.1. The predicted octanol–water partition coefficient (Wildman–Crippen LogP) is 2.59. The quantitative estimate of drug-likeness (QED) is 0.653. The van der Waals surface area contributed by atoms with Crippen molar-refractivity contribution in [3.63, 3.8) is 0 Å². The number of nitriles is 1. The number of hydrogen-bond donors (Lipinski definition) is 0. The third-order valence-electron chi connectivity index (χ3n) is 3.56. The van der Waals surface area contributed by atoms with Gasteiger partial charge >= 0.3 is 0 Å². The van der Waals surface area contributed by atoms with Crippen LogP contribution in [-0.4, -0.2) is 21.3 Å². The van der Waals surface area contributed by atoms with Gasteiger partial charge in [0.2, 0.25) is 6.19 Å². The molecular formula is C18H14N4O2. The third kappa shape index (κ3) is 3.31. The van der Waals surface area contributed by atoms with Crippen LogP contribution in [-0.2, 0) is 13.0 Å². The van der Waals surface area contributed by atoms with Gasteiger partial charge in [-0.3, -0.25) is 4.79 Å². The Morgan fingerprint density at radius 3 is 2.62 bits per heavy atom. The molecule has 24 heavy (non-hydrogen) atoms. The Bertz CT molecular complexity index is 882. The first-order valence-electron chi connectivity index (χ1n) is 7.36. The van der Waals surface area contributed by atoms with Crippen molar-refractivity contribution in [2.75, 3.05) is 0 Å². The number of carbonyl (C=O) groups is 1. The minimum Gasteiger partial charge on any atom is -0.486 e. The van der Waals surface area contributed by atoms with Crippen LogP contribution in [0.1, 0.15) is 27.3 Å². The van der Waals surface area contributed by atoms with Crippen LogP contribution in [0.4, 0.5) is 0 Å². The highest BCUT2D eigenvalue weighted by atomic mass is 16.5. The number of aromatic nitrogens is 3. The molecule has 0 radical (unpaired) electrons. The van der Waals surface area contributed by atoms with Crippen molar-refractivity contribution in [2.24, 2.45) is 0 Å². The van der Waals surface area contributed by atoms with Crippen molar-refractivity contribution >= 4 is 6.29 Å². The van der Waals surface area contributed by atoms with Crippen LogP contribution in [0.25, 0.3) is 0 Å². The summed E-state index contributed by atoms with van der Waals surface area (Å²) in [7, 11) is 0. The molecule has 1 aromatic heterocycles. The lowest BCUT2D eigenvalue weighted by Gasteiger charge is -2.08. The second-order valence-electron chi connectivity index (χ2n) is 5.10. The van der Waals surface area contributed by atoms with Crippen molar-refractivity contribution in [3.8, 4) is 11.9 Å². The Balaban J connectivity index is 1.82. The van der Waals surface area contributed by atoms with Crippen LogP contribution in [0.15, 0.2) is 54.6 Å². The standard InChI is InChI=1S/C18H14N4O2/c19-13-22-17(10-14-6-2-1-3-7-14)16(20-21-22)12-24-18-9-5-4-8-15(18)11-23/h1-9,11H,10,12H2. The predicted molar refractivity (Wildman–Crippen MR) is 86.4 cm³/mol. The van der Waals surface area contributed by atoms with E-state index in [9.17, 15) is 10.1 Å². The van der Waals surface area contributed by atoms with E-state index >= 15 is 0 Å². The Kier molecular flexibility index (Phi) is 4.63. The molecule has 0 unspecified atom stereocenters. The lowest BCUT2D eigenvalue weighted by Crippen LogP contribution is -2.05. The maximum absolute atomic E-state index is 11.0. The van der Waals surface area contributed by atoms with Gasteiger partial charge in [-0.1, -0.05) is 47.7 Å². The molecule has 0 aliphatic heterocycles. The highest BCUT2D eigenvalue weighted by Crippen LogP contribution is 2.19. The van der Waals surface area contributed by atoms with E-state index in [0.717, 1.165) is 11.8 Å². The summed E-state index contributed by atoms with van der Waals surface area (Å²) in [6, 6.07) is 16.7. The summed E-state index contributed by atoms with van der Waals surface area (Å²) in [6.45, 7) is 0.134. The molecule has 0 fully saturated rings. The fourth-order valence-electron chi connectivity index (χ4n) is 2.35. The maximum atomic E-state index is 11.0. The van der Waals surface area contributed by atoms with E-state index < -0.39 is 0 Å². The summed E-state index contributed by atoms with van der Waals surface area (Å²) in [5.74, 6) is 0.477. The van der Waals surface area contributed by atoms with Crippen LogP contribution in [0.3, 0.4) is 0 Å². The zero-order valence-corrected chi connectivity index (χ0v) is 12.8. The Labute approximate surface area is 138 Å². The molecule has 1 heterocycles. The lowest BCUT2D eigenvalue weighted by molar-refractivity contribution is 0.111. The molecule has 6 nitrogen and oxygen atoms in total. The second kappa shape index (κ2) is 7.20. The topological polar surface area (TPSA) is 80.8 Å². The first-order chi connectivity index (χ1) is 11.8. The summed E-state index contributed by atoms with van der Waals surface area (Å²) in [6.07, 6.45) is 3.25. The molecular weight excluding hydrogens is 304 g/mol. The van der Waals surface area contributed by atoms with Crippen molar-refractivity contribution in [3.05, 3.63) is 77.1 Å². The van der Waals surface area contributed by atoms with Gasteiger partial charge in [-0.15, -0.1) is 9.78 Å². The van der Waals surface area contributed by atoms with E-state index in [1.54, 1.807) is 24.3 Å². The lowest BCUT2D eigenvalue weighted by atomic mass is 10.1. The summed E-state index contributed by atoms with van der Waals surface area (Å²) >= 11 is 0. The second-order valence-corrected chi connectivity index (χ2v) is 5.10. The molecule has 0 aliphatic rings. The number of rotatable bonds is 6. The van der Waals surface area contributed by atoms with Crippen molar-refractivity contribution in [1.82, 2.24) is 15.0 Å². The van der Waals surface area contributed by atoms with Gasteiger partial charge in [0.05, 0.1) is 11.3 Å². The summed E-state index contributed by atoms with van der Waals surface area (Å²) in [5.41, 5.74) is 2.76. The van der Waals surface area contributed by atoms with Crippen LogP contribution in [0, 0.1) is 11.5 Å². The highest BCUT2D eigenvalue weighted by Gasteiger charge is 2.15. The third-order valence-corrected chi connectivity index (χ3v) is 3.56. The molecule has 0 saturated heterocycles. The van der Waals surface area contributed by atoms with Crippen molar-refractivity contribution in [2.45, 2.75) is 13.0 Å². The molecule has 0 spiro atoms. The van der Waals surface area contributed by atoms with E-state index in [1.165, 1.54) is 4.68 Å². The van der Waals surface area contributed by atoms with E-state index in [0.29, 0.717) is 29.1 Å². The average molecular weight is 318 g/mol. The van der Waals surface area contributed by atoms with Gasteiger partial charge in [0, 0.05) is 6.42 Å². The first-order valence-corrected chi connectivity index (χ1v) is 7.36. The fraction of sp³-hybridized carbons (Fsp3) is 0.111. The number of ether oxygens (including phenoxy) is 1. The molecule has 0 amide bonds. The van der Waals surface area contributed by atoms with Gasteiger partial charge in [0.15, 0.2) is 6.29 Å². The molecule has 0 bridgehead atoms. The molecule has 118 valence electrons. The van der Waals surface area contributed by atoms with Gasteiger partial charge in [-0.05, 0) is 17.7 Å². The maximum Gasteiger partial charge on any atom is 0.208 e. The zero-order chi connectivity index (χ0) is 16.8. The number of nitrogens with zero attached hydrogens (tertiary/aromatic N) is 4. The highest BCUT2D eigenvalue weighted by molar-refractivity contribution is 5.79. The number of hydrogen-bond acceptors (Lipinski definition) is 5. The van der Waals surface area contributed by atoms with Gasteiger partial charge in [0.25, 0.3) is 0 Å². The summed E-state index contributed by atoms with van der Waals surface area (Å²) < 4.78 is 6.89. The van der Waals surface area contributed by atoms with Crippen LogP contribution >= 0.6 is 0 Å². The fourth-order valence-corrected chi connectivity index (χ4v) is 2.35. The molecule has 0 atom stereocenters. The van der Waals surface area contributed by atoms with Crippen LogP contribution in [0.5, 0.6) is 5.75 Å². The van der Waals surface area contributed by atoms with Gasteiger partial charge in [-0.25, -0.2) is 0 Å². The average Bonchev–Trinajstić information content (AvgIpc) is 3.02. The number of aldehydes is 1. The molecule has 3 rings (SSSR count). The molecule has 2 aromatic carbocycles. The van der Waals surface area contributed by atoms with Gasteiger partial charge in [-0.2, -0.15) is 5.26 Å². The minimum absolute atomic E-state index is 0.134. The van der Waals surface area contributed by atoms with Gasteiger partial charge in [0.1, 0.15) is 18.1 Å². The van der Waals surface area contributed by atoms with Gasteiger partial charge < -0.3 is 4.74 Å². The Morgan fingerprint density at radius 1 is 1.12 bits per heavy atom. The molecule has 6 heteroatoms.